The molecule has 9 heteroatoms. The topological polar surface area (TPSA) is 70.2 Å². The monoisotopic (exact) mass is 457 g/mol. The van der Waals surface area contributed by atoms with Crippen LogP contribution >= 0.6 is 47.0 Å². The first-order valence-electron chi connectivity index (χ1n) is 8.19. The first kappa shape index (κ1) is 22.4. The Morgan fingerprint density at radius 2 is 1.46 bits per heavy atom. The number of thiocarbonyl (C=S) groups is 1. The highest BCUT2D eigenvalue weighted by Crippen LogP contribution is 2.29. The highest BCUT2D eigenvalue weighted by atomic mass is 35.6. The molecule has 0 fully saturated rings. The lowest BCUT2D eigenvalue weighted by Crippen LogP contribution is -2.56. The summed E-state index contributed by atoms with van der Waals surface area (Å²) in [5.41, 5.74) is 2.66. The summed E-state index contributed by atoms with van der Waals surface area (Å²) >= 11 is 23.2. The number of Topliss-reactive ketones (excluding diaryl/α,β-unsaturated/α-hetero) is 1. The Morgan fingerprint density at radius 1 is 0.929 bits per heavy atom. The molecule has 0 saturated carbocycles. The molecule has 1 amide bonds. The fourth-order valence-corrected chi connectivity index (χ4v) is 2.77. The van der Waals surface area contributed by atoms with Gasteiger partial charge in [0.05, 0.1) is 0 Å². The quantitative estimate of drug-likeness (QED) is 0.264. The third-order valence-electron chi connectivity index (χ3n) is 3.74. The molecule has 0 radical (unpaired) electrons. The Bertz CT molecular complexity index is 865. The van der Waals surface area contributed by atoms with E-state index in [1.807, 2.05) is 19.1 Å². The number of rotatable bonds is 5. The summed E-state index contributed by atoms with van der Waals surface area (Å²) in [5, 5.41) is 8.44. The first-order chi connectivity index (χ1) is 13.1. The zero-order valence-electron chi connectivity index (χ0n) is 15.1. The van der Waals surface area contributed by atoms with Crippen molar-refractivity contribution in [3.05, 3.63) is 65.2 Å². The third kappa shape index (κ3) is 6.63. The van der Waals surface area contributed by atoms with Crippen LogP contribution in [-0.2, 0) is 0 Å². The molecule has 2 aromatic rings. The van der Waals surface area contributed by atoms with Gasteiger partial charge in [0.2, 0.25) is 3.79 Å². The molecule has 3 N–H and O–H groups in total. The van der Waals surface area contributed by atoms with Crippen molar-refractivity contribution < 1.29 is 9.59 Å². The average Bonchev–Trinajstić information content (AvgIpc) is 2.61. The van der Waals surface area contributed by atoms with Crippen LogP contribution < -0.4 is 16.0 Å². The number of aryl methyl sites for hydroxylation is 1. The number of alkyl halides is 3. The molecule has 0 saturated heterocycles. The van der Waals surface area contributed by atoms with Crippen LogP contribution in [0, 0.1) is 6.92 Å². The summed E-state index contributed by atoms with van der Waals surface area (Å²) in [5.74, 6) is -0.459. The van der Waals surface area contributed by atoms with Crippen molar-refractivity contribution in [3.63, 3.8) is 0 Å². The molecular weight excluding hydrogens is 441 g/mol. The number of hydrogen-bond acceptors (Lipinski definition) is 3. The Balaban J connectivity index is 2.04. The number of amides is 1. The number of halogens is 3. The van der Waals surface area contributed by atoms with E-state index in [0.717, 1.165) is 5.56 Å². The maximum atomic E-state index is 12.4. The van der Waals surface area contributed by atoms with E-state index in [4.69, 9.17) is 47.0 Å². The number of ketones is 1. The van der Waals surface area contributed by atoms with Gasteiger partial charge in [0.1, 0.15) is 6.17 Å². The molecule has 0 aliphatic heterocycles. The number of nitrogens with one attached hydrogen (secondary N) is 3. The Morgan fingerprint density at radius 3 is 1.96 bits per heavy atom. The van der Waals surface area contributed by atoms with Gasteiger partial charge in [-0.2, -0.15) is 0 Å². The lowest BCUT2D eigenvalue weighted by Gasteiger charge is -2.27. The van der Waals surface area contributed by atoms with Crippen LogP contribution in [0.1, 0.15) is 33.2 Å². The largest absolute Gasteiger partial charge is 0.339 e. The summed E-state index contributed by atoms with van der Waals surface area (Å²) in [4.78, 5) is 23.8. The molecule has 5 nitrogen and oxygen atoms in total. The van der Waals surface area contributed by atoms with Gasteiger partial charge >= 0.3 is 0 Å². The van der Waals surface area contributed by atoms with Crippen molar-refractivity contribution >= 4 is 69.5 Å². The van der Waals surface area contributed by atoms with Crippen molar-refractivity contribution in [3.8, 4) is 0 Å². The Kier molecular flexibility index (Phi) is 7.66. The highest BCUT2D eigenvalue weighted by molar-refractivity contribution is 7.80. The second-order valence-corrected chi connectivity index (χ2v) is 8.82. The van der Waals surface area contributed by atoms with Gasteiger partial charge in [0.25, 0.3) is 5.91 Å². The van der Waals surface area contributed by atoms with Gasteiger partial charge in [-0.1, -0.05) is 52.5 Å². The van der Waals surface area contributed by atoms with Gasteiger partial charge in [-0.05, 0) is 62.5 Å². The normalized spacial score (nSPS) is 12.0. The van der Waals surface area contributed by atoms with E-state index in [1.54, 1.807) is 36.4 Å². The predicted octanol–water partition coefficient (Wildman–Crippen LogP) is 4.61. The van der Waals surface area contributed by atoms with Crippen molar-refractivity contribution in [2.45, 2.75) is 23.8 Å². The van der Waals surface area contributed by atoms with E-state index in [2.05, 4.69) is 16.0 Å². The van der Waals surface area contributed by atoms with Gasteiger partial charge < -0.3 is 16.0 Å². The van der Waals surface area contributed by atoms with Crippen LogP contribution in [0.5, 0.6) is 0 Å². The van der Waals surface area contributed by atoms with E-state index < -0.39 is 15.9 Å². The smallest absolute Gasteiger partial charge is 0.252 e. The van der Waals surface area contributed by atoms with E-state index in [1.165, 1.54) is 6.92 Å². The molecule has 0 unspecified atom stereocenters. The van der Waals surface area contributed by atoms with Gasteiger partial charge in [-0.3, -0.25) is 9.59 Å². The second-order valence-electron chi connectivity index (χ2n) is 6.05. The van der Waals surface area contributed by atoms with Crippen molar-refractivity contribution in [1.82, 2.24) is 10.6 Å². The maximum absolute atomic E-state index is 12.4. The molecule has 0 aliphatic rings. The molecule has 0 aliphatic carbocycles. The summed E-state index contributed by atoms with van der Waals surface area (Å²) in [6.45, 7) is 3.40. The molecule has 0 aromatic heterocycles. The number of anilines is 1. The standard InChI is InChI=1S/C19H18Cl3N3O2S/c1-11-3-5-14(6-4-11)16(27)24-17(19(20,21)22)25-18(28)23-15-9-7-13(8-10-15)12(2)26/h3-10,17H,1-2H3,(H,24,27)(H2,23,25,28)/t17-/m0/s1. The van der Waals surface area contributed by atoms with Crippen LogP contribution in [0.3, 0.4) is 0 Å². The first-order valence-corrected chi connectivity index (χ1v) is 9.73. The SMILES string of the molecule is CC(=O)c1ccc(NC(=S)N[C@H](NC(=O)c2ccc(C)cc2)C(Cl)(Cl)Cl)cc1. The molecule has 0 heterocycles. The van der Waals surface area contributed by atoms with E-state index in [0.29, 0.717) is 16.8 Å². The summed E-state index contributed by atoms with van der Waals surface area (Å²) < 4.78 is -1.86. The highest BCUT2D eigenvalue weighted by Gasteiger charge is 2.34. The molecular formula is C19H18Cl3N3O2S. The zero-order chi connectivity index (χ0) is 20.9. The summed E-state index contributed by atoms with van der Waals surface area (Å²) in [6.07, 6.45) is -1.08. The molecule has 0 bridgehead atoms. The van der Waals surface area contributed by atoms with Crippen LogP contribution in [0.15, 0.2) is 48.5 Å². The molecule has 2 aromatic carbocycles. The zero-order valence-corrected chi connectivity index (χ0v) is 18.1. The second kappa shape index (κ2) is 9.56. The molecule has 0 spiro atoms. The maximum Gasteiger partial charge on any atom is 0.252 e. The van der Waals surface area contributed by atoms with Gasteiger partial charge in [-0.15, -0.1) is 0 Å². The van der Waals surface area contributed by atoms with Crippen LogP contribution in [0.4, 0.5) is 5.69 Å². The lowest BCUT2D eigenvalue weighted by molar-refractivity contribution is 0.0933. The molecule has 2 rings (SSSR count). The summed E-state index contributed by atoms with van der Waals surface area (Å²) in [6, 6.07) is 13.7. The van der Waals surface area contributed by atoms with Crippen molar-refractivity contribution in [2.24, 2.45) is 0 Å². The minimum absolute atomic E-state index is 0.0395. The van der Waals surface area contributed by atoms with Crippen LogP contribution in [0.2, 0.25) is 0 Å². The van der Waals surface area contributed by atoms with Gasteiger partial charge in [0.15, 0.2) is 10.9 Å². The van der Waals surface area contributed by atoms with Crippen molar-refractivity contribution in [2.75, 3.05) is 5.32 Å². The summed E-state index contributed by atoms with van der Waals surface area (Å²) in [7, 11) is 0. The molecule has 148 valence electrons. The van der Waals surface area contributed by atoms with Gasteiger partial charge in [-0.25, -0.2) is 0 Å². The Hall–Kier alpha value is -1.86. The number of carbonyl (C=O) groups is 2. The Labute approximate surface area is 183 Å². The number of benzene rings is 2. The van der Waals surface area contributed by atoms with Gasteiger partial charge in [0, 0.05) is 16.8 Å². The molecule has 28 heavy (non-hydrogen) atoms. The van der Waals surface area contributed by atoms with E-state index >= 15 is 0 Å². The number of carbonyl (C=O) groups excluding carboxylic acids is 2. The van der Waals surface area contributed by atoms with Crippen molar-refractivity contribution in [1.29, 1.82) is 0 Å². The van der Waals surface area contributed by atoms with E-state index in [-0.39, 0.29) is 10.9 Å². The third-order valence-corrected chi connectivity index (χ3v) is 4.62. The minimum atomic E-state index is -1.86. The fourth-order valence-electron chi connectivity index (χ4n) is 2.21. The lowest BCUT2D eigenvalue weighted by atomic mass is 10.1. The fraction of sp³-hybridized carbons (Fsp3) is 0.211. The average molecular weight is 459 g/mol. The predicted molar refractivity (Wildman–Crippen MR) is 119 cm³/mol. The number of hydrogen-bond donors (Lipinski definition) is 3. The minimum Gasteiger partial charge on any atom is -0.339 e. The van der Waals surface area contributed by atoms with Crippen LogP contribution in [0.25, 0.3) is 0 Å². The van der Waals surface area contributed by atoms with Crippen LogP contribution in [-0.4, -0.2) is 26.8 Å². The molecule has 1 atom stereocenters. The van der Waals surface area contributed by atoms with E-state index in [9.17, 15) is 9.59 Å².